The first-order valence-electron chi connectivity index (χ1n) is 9.84. The highest BCUT2D eigenvalue weighted by Crippen LogP contribution is 2.33. The molecule has 3 aromatic carbocycles. The van der Waals surface area contributed by atoms with Gasteiger partial charge in [-0.3, -0.25) is 4.79 Å². The summed E-state index contributed by atoms with van der Waals surface area (Å²) in [6.07, 6.45) is 1.24. The Kier molecular flexibility index (Phi) is 5.52. The molecular formula is C25H25NO3. The van der Waals surface area contributed by atoms with Gasteiger partial charge in [-0.2, -0.15) is 0 Å². The van der Waals surface area contributed by atoms with Gasteiger partial charge in [-0.15, -0.1) is 0 Å². The minimum Gasteiger partial charge on any atom is -0.493 e. The van der Waals surface area contributed by atoms with Gasteiger partial charge in [0.05, 0.1) is 20.6 Å². The lowest BCUT2D eigenvalue weighted by Gasteiger charge is -2.29. The van der Waals surface area contributed by atoms with Crippen LogP contribution < -0.4 is 9.47 Å². The van der Waals surface area contributed by atoms with Crippen LogP contribution in [0, 0.1) is 0 Å². The zero-order valence-corrected chi connectivity index (χ0v) is 16.9. The Morgan fingerprint density at radius 1 is 0.862 bits per heavy atom. The smallest absolute Gasteiger partial charge is 0.227 e. The average Bonchev–Trinajstić information content (AvgIpc) is 2.78. The number of carbonyl (C=O) groups is 1. The van der Waals surface area contributed by atoms with E-state index < -0.39 is 0 Å². The van der Waals surface area contributed by atoms with E-state index in [4.69, 9.17) is 9.47 Å². The summed E-state index contributed by atoms with van der Waals surface area (Å²) in [7, 11) is 3.28. The molecule has 0 aromatic heterocycles. The van der Waals surface area contributed by atoms with Crippen LogP contribution >= 0.6 is 0 Å². The summed E-state index contributed by atoms with van der Waals surface area (Å²) in [5.41, 5.74) is 5.73. The van der Waals surface area contributed by atoms with Gasteiger partial charge in [0, 0.05) is 13.1 Å². The average molecular weight is 387 g/mol. The monoisotopic (exact) mass is 387 g/mol. The van der Waals surface area contributed by atoms with E-state index in [-0.39, 0.29) is 5.91 Å². The van der Waals surface area contributed by atoms with Gasteiger partial charge >= 0.3 is 0 Å². The fourth-order valence-electron chi connectivity index (χ4n) is 3.83. The van der Waals surface area contributed by atoms with E-state index in [9.17, 15) is 4.79 Å². The van der Waals surface area contributed by atoms with Crippen molar-refractivity contribution in [1.82, 2.24) is 4.90 Å². The molecule has 0 saturated heterocycles. The molecule has 0 spiro atoms. The Balaban J connectivity index is 1.44. The van der Waals surface area contributed by atoms with E-state index in [0.29, 0.717) is 18.7 Å². The van der Waals surface area contributed by atoms with Crippen molar-refractivity contribution in [3.8, 4) is 22.6 Å². The molecule has 0 atom stereocenters. The van der Waals surface area contributed by atoms with E-state index in [1.54, 1.807) is 14.2 Å². The molecule has 0 bridgehead atoms. The van der Waals surface area contributed by atoms with Gasteiger partial charge in [-0.05, 0) is 46.4 Å². The second-order valence-electron chi connectivity index (χ2n) is 7.28. The van der Waals surface area contributed by atoms with E-state index in [1.807, 2.05) is 47.4 Å². The first-order valence-corrected chi connectivity index (χ1v) is 9.84. The maximum Gasteiger partial charge on any atom is 0.227 e. The van der Waals surface area contributed by atoms with E-state index in [0.717, 1.165) is 35.4 Å². The third kappa shape index (κ3) is 4.11. The molecule has 29 heavy (non-hydrogen) atoms. The van der Waals surface area contributed by atoms with E-state index in [1.165, 1.54) is 11.1 Å². The van der Waals surface area contributed by atoms with Crippen molar-refractivity contribution in [2.45, 2.75) is 19.4 Å². The molecule has 4 heteroatoms. The number of rotatable bonds is 5. The lowest BCUT2D eigenvalue weighted by atomic mass is 9.98. The van der Waals surface area contributed by atoms with Crippen LogP contribution in [0.15, 0.2) is 66.7 Å². The van der Waals surface area contributed by atoms with Gasteiger partial charge in [0.25, 0.3) is 0 Å². The lowest BCUT2D eigenvalue weighted by molar-refractivity contribution is -0.131. The van der Waals surface area contributed by atoms with Crippen molar-refractivity contribution in [2.75, 3.05) is 20.8 Å². The molecular weight excluding hydrogens is 362 g/mol. The molecule has 0 unspecified atom stereocenters. The zero-order chi connectivity index (χ0) is 20.2. The van der Waals surface area contributed by atoms with Crippen molar-refractivity contribution in [1.29, 1.82) is 0 Å². The maximum atomic E-state index is 12.9. The SMILES string of the molecule is COc1cc2c(cc1OC)CN(C(=O)Cc1ccc(-c3ccccc3)cc1)CC2. The molecule has 1 heterocycles. The summed E-state index contributed by atoms with van der Waals surface area (Å²) in [5, 5.41) is 0. The van der Waals surface area contributed by atoms with Gasteiger partial charge < -0.3 is 14.4 Å². The Hall–Kier alpha value is -3.27. The minimum absolute atomic E-state index is 0.151. The Labute approximate surface area is 171 Å². The second kappa shape index (κ2) is 8.39. The molecule has 4 nitrogen and oxygen atoms in total. The van der Waals surface area contributed by atoms with Gasteiger partial charge in [0.1, 0.15) is 0 Å². The van der Waals surface area contributed by atoms with Crippen LogP contribution in [0.1, 0.15) is 16.7 Å². The van der Waals surface area contributed by atoms with Crippen molar-refractivity contribution in [2.24, 2.45) is 0 Å². The van der Waals surface area contributed by atoms with Crippen LogP contribution in [0.25, 0.3) is 11.1 Å². The third-order valence-corrected chi connectivity index (χ3v) is 5.49. The van der Waals surface area contributed by atoms with Crippen molar-refractivity contribution >= 4 is 5.91 Å². The van der Waals surface area contributed by atoms with Crippen LogP contribution in [0.2, 0.25) is 0 Å². The van der Waals surface area contributed by atoms with Gasteiger partial charge in [-0.25, -0.2) is 0 Å². The number of hydrogen-bond acceptors (Lipinski definition) is 3. The number of hydrogen-bond donors (Lipinski definition) is 0. The Bertz CT molecular complexity index is 997. The molecule has 1 aliphatic heterocycles. The highest BCUT2D eigenvalue weighted by molar-refractivity contribution is 5.79. The van der Waals surface area contributed by atoms with Gasteiger partial charge in [-0.1, -0.05) is 54.6 Å². The fraction of sp³-hybridized carbons (Fsp3) is 0.240. The first kappa shape index (κ1) is 19.1. The quantitative estimate of drug-likeness (QED) is 0.647. The third-order valence-electron chi connectivity index (χ3n) is 5.49. The predicted molar refractivity (Wildman–Crippen MR) is 114 cm³/mol. The van der Waals surface area contributed by atoms with Crippen LogP contribution in [0.5, 0.6) is 11.5 Å². The molecule has 0 N–H and O–H groups in total. The molecule has 1 aliphatic rings. The number of carbonyl (C=O) groups excluding carboxylic acids is 1. The topological polar surface area (TPSA) is 38.8 Å². The van der Waals surface area contributed by atoms with Crippen LogP contribution in [0.3, 0.4) is 0 Å². The number of nitrogens with zero attached hydrogens (tertiary/aromatic N) is 1. The van der Waals surface area contributed by atoms with Crippen molar-refractivity contribution in [3.05, 3.63) is 83.4 Å². The van der Waals surface area contributed by atoms with Crippen LogP contribution in [-0.2, 0) is 24.2 Å². The normalized spacial score (nSPS) is 13.0. The molecule has 3 aromatic rings. The van der Waals surface area contributed by atoms with Crippen molar-refractivity contribution in [3.63, 3.8) is 0 Å². The predicted octanol–water partition coefficient (Wildman–Crippen LogP) is 4.50. The van der Waals surface area contributed by atoms with Gasteiger partial charge in [0.15, 0.2) is 11.5 Å². The molecule has 0 saturated carbocycles. The second-order valence-corrected chi connectivity index (χ2v) is 7.28. The number of methoxy groups -OCH3 is 2. The molecule has 0 aliphatic carbocycles. The molecule has 0 radical (unpaired) electrons. The van der Waals surface area contributed by atoms with Gasteiger partial charge in [0.2, 0.25) is 5.91 Å². The van der Waals surface area contributed by atoms with Crippen LogP contribution in [0.4, 0.5) is 0 Å². The summed E-state index contributed by atoms with van der Waals surface area (Å²) in [4.78, 5) is 14.8. The van der Waals surface area contributed by atoms with Crippen molar-refractivity contribution < 1.29 is 14.3 Å². The molecule has 1 amide bonds. The fourth-order valence-corrected chi connectivity index (χ4v) is 3.83. The largest absolute Gasteiger partial charge is 0.493 e. The zero-order valence-electron chi connectivity index (χ0n) is 16.9. The standard InChI is InChI=1S/C25H25NO3/c1-28-23-15-21-12-13-26(17-22(21)16-24(23)29-2)25(27)14-18-8-10-20(11-9-18)19-6-4-3-5-7-19/h3-11,15-16H,12-14,17H2,1-2H3. The Morgan fingerprint density at radius 2 is 1.48 bits per heavy atom. The summed E-state index contributed by atoms with van der Waals surface area (Å²) in [6, 6.07) is 22.5. The van der Waals surface area contributed by atoms with Crippen LogP contribution in [-0.4, -0.2) is 31.6 Å². The number of amides is 1. The summed E-state index contributed by atoms with van der Waals surface area (Å²) in [5.74, 6) is 1.60. The summed E-state index contributed by atoms with van der Waals surface area (Å²) < 4.78 is 10.8. The summed E-state index contributed by atoms with van der Waals surface area (Å²) in [6.45, 7) is 1.33. The highest BCUT2D eigenvalue weighted by Gasteiger charge is 2.23. The van der Waals surface area contributed by atoms with E-state index in [2.05, 4.69) is 24.3 Å². The molecule has 0 fully saturated rings. The summed E-state index contributed by atoms with van der Waals surface area (Å²) >= 11 is 0. The Morgan fingerprint density at radius 3 is 2.14 bits per heavy atom. The molecule has 4 rings (SSSR count). The lowest BCUT2D eigenvalue weighted by Crippen LogP contribution is -2.36. The minimum atomic E-state index is 0.151. The first-order chi connectivity index (χ1) is 14.2. The number of fused-ring (bicyclic) bond motifs is 1. The van der Waals surface area contributed by atoms with E-state index >= 15 is 0 Å². The number of benzene rings is 3. The molecule has 148 valence electrons. The highest BCUT2D eigenvalue weighted by atomic mass is 16.5. The maximum absolute atomic E-state index is 12.9. The number of ether oxygens (including phenoxy) is 2.